The molecule has 0 radical (unpaired) electrons. The molecular formula is C16H28N2O. The summed E-state index contributed by atoms with van der Waals surface area (Å²) in [5, 5.41) is 3.50. The molecule has 2 heterocycles. The van der Waals surface area contributed by atoms with Gasteiger partial charge >= 0.3 is 0 Å². The first-order chi connectivity index (χ1) is 9.12. The van der Waals surface area contributed by atoms with Gasteiger partial charge in [0.2, 0.25) is 5.91 Å². The Balaban J connectivity index is 1.78. The van der Waals surface area contributed by atoms with Crippen LogP contribution in [0.3, 0.4) is 0 Å². The molecular weight excluding hydrogens is 236 g/mol. The summed E-state index contributed by atoms with van der Waals surface area (Å²) in [7, 11) is 0. The second-order valence-corrected chi connectivity index (χ2v) is 7.32. The predicted molar refractivity (Wildman–Crippen MR) is 76.9 cm³/mol. The maximum absolute atomic E-state index is 13.1. The summed E-state index contributed by atoms with van der Waals surface area (Å²) < 4.78 is 0. The molecule has 0 aromatic heterocycles. The second-order valence-electron chi connectivity index (χ2n) is 7.32. The van der Waals surface area contributed by atoms with Gasteiger partial charge in [-0.05, 0) is 51.0 Å². The molecule has 2 bridgehead atoms. The summed E-state index contributed by atoms with van der Waals surface area (Å²) in [6.45, 7) is 6.61. The summed E-state index contributed by atoms with van der Waals surface area (Å²) in [5.41, 5.74) is 0.0132. The first-order valence-corrected chi connectivity index (χ1v) is 8.16. The van der Waals surface area contributed by atoms with Gasteiger partial charge in [-0.3, -0.25) is 4.79 Å². The third-order valence-corrected chi connectivity index (χ3v) is 5.45. The van der Waals surface area contributed by atoms with Gasteiger partial charge in [0, 0.05) is 24.0 Å². The van der Waals surface area contributed by atoms with Crippen molar-refractivity contribution in [3.63, 3.8) is 0 Å². The second kappa shape index (κ2) is 5.08. The predicted octanol–water partition coefficient (Wildman–Crippen LogP) is 2.56. The number of hydrogen-bond acceptors (Lipinski definition) is 2. The lowest BCUT2D eigenvalue weighted by atomic mass is 9.63. The van der Waals surface area contributed by atoms with Crippen molar-refractivity contribution in [1.82, 2.24) is 10.2 Å². The summed E-state index contributed by atoms with van der Waals surface area (Å²) in [6.07, 6.45) is 8.20. The monoisotopic (exact) mass is 264 g/mol. The van der Waals surface area contributed by atoms with Gasteiger partial charge < -0.3 is 10.2 Å². The van der Waals surface area contributed by atoms with Gasteiger partial charge in [-0.25, -0.2) is 0 Å². The number of nitrogens with zero attached hydrogens (tertiary/aromatic N) is 1. The molecule has 1 N–H and O–H groups in total. The van der Waals surface area contributed by atoms with E-state index in [4.69, 9.17) is 0 Å². The smallest absolute Gasteiger partial charge is 0.229 e. The lowest BCUT2D eigenvalue weighted by molar-refractivity contribution is -0.151. The number of rotatable bonds is 3. The number of hydrogen-bond donors (Lipinski definition) is 1. The molecule has 1 amide bonds. The molecule has 1 aliphatic carbocycles. The SMILES string of the molecule is CC(C)CC1(C(=O)N2C3CCNCC2CC3)CCC1. The molecule has 3 rings (SSSR count). The first kappa shape index (κ1) is 13.4. The van der Waals surface area contributed by atoms with Crippen molar-refractivity contribution in [3.8, 4) is 0 Å². The molecule has 3 heteroatoms. The van der Waals surface area contributed by atoms with E-state index in [2.05, 4.69) is 24.1 Å². The van der Waals surface area contributed by atoms with Crippen molar-refractivity contribution in [2.24, 2.45) is 11.3 Å². The molecule has 0 spiro atoms. The van der Waals surface area contributed by atoms with E-state index in [1.165, 1.54) is 19.3 Å². The molecule has 2 aliphatic heterocycles. The van der Waals surface area contributed by atoms with E-state index >= 15 is 0 Å². The molecule has 2 atom stereocenters. The fraction of sp³-hybridized carbons (Fsp3) is 0.938. The highest BCUT2D eigenvalue weighted by Crippen LogP contribution is 2.49. The minimum absolute atomic E-state index is 0.0132. The Labute approximate surface area is 117 Å². The van der Waals surface area contributed by atoms with Crippen LogP contribution in [0.2, 0.25) is 0 Å². The maximum atomic E-state index is 13.1. The normalized spacial score (nSPS) is 33.1. The minimum Gasteiger partial charge on any atom is -0.335 e. The van der Waals surface area contributed by atoms with Gasteiger partial charge in [0.25, 0.3) is 0 Å². The standard InChI is InChI=1S/C16H28N2O/c1-12(2)10-16(7-3-8-16)15(19)18-13-4-5-14(18)11-17-9-6-13/h12-14,17H,3-11H2,1-2H3. The van der Waals surface area contributed by atoms with Crippen LogP contribution in [0.4, 0.5) is 0 Å². The van der Waals surface area contributed by atoms with Crippen LogP contribution in [0.5, 0.6) is 0 Å². The van der Waals surface area contributed by atoms with Crippen LogP contribution in [0.1, 0.15) is 58.8 Å². The summed E-state index contributed by atoms with van der Waals surface area (Å²) >= 11 is 0. The van der Waals surface area contributed by atoms with E-state index in [0.29, 0.717) is 23.9 Å². The molecule has 19 heavy (non-hydrogen) atoms. The topological polar surface area (TPSA) is 32.3 Å². The minimum atomic E-state index is 0.0132. The third kappa shape index (κ3) is 2.31. The van der Waals surface area contributed by atoms with E-state index < -0.39 is 0 Å². The maximum Gasteiger partial charge on any atom is 0.229 e. The largest absolute Gasteiger partial charge is 0.335 e. The van der Waals surface area contributed by atoms with Crippen molar-refractivity contribution >= 4 is 5.91 Å². The Morgan fingerprint density at radius 2 is 2.00 bits per heavy atom. The molecule has 2 unspecified atom stereocenters. The Kier molecular flexibility index (Phi) is 3.59. The Hall–Kier alpha value is -0.570. The van der Waals surface area contributed by atoms with Gasteiger partial charge in [-0.1, -0.05) is 20.3 Å². The molecule has 108 valence electrons. The molecule has 2 saturated heterocycles. The quantitative estimate of drug-likeness (QED) is 0.849. The zero-order chi connectivity index (χ0) is 13.5. The van der Waals surface area contributed by atoms with Crippen LogP contribution in [0, 0.1) is 11.3 Å². The summed E-state index contributed by atoms with van der Waals surface area (Å²) in [4.78, 5) is 15.5. The Morgan fingerprint density at radius 1 is 1.26 bits per heavy atom. The van der Waals surface area contributed by atoms with Crippen LogP contribution in [0.15, 0.2) is 0 Å². The van der Waals surface area contributed by atoms with E-state index in [0.717, 1.165) is 38.8 Å². The van der Waals surface area contributed by atoms with Crippen molar-refractivity contribution in [3.05, 3.63) is 0 Å². The highest BCUT2D eigenvalue weighted by Gasteiger charge is 2.50. The molecule has 3 aliphatic rings. The first-order valence-electron chi connectivity index (χ1n) is 8.16. The van der Waals surface area contributed by atoms with E-state index in [-0.39, 0.29) is 5.41 Å². The average molecular weight is 264 g/mol. The van der Waals surface area contributed by atoms with Crippen molar-refractivity contribution in [1.29, 1.82) is 0 Å². The van der Waals surface area contributed by atoms with E-state index in [9.17, 15) is 4.79 Å². The Morgan fingerprint density at radius 3 is 2.63 bits per heavy atom. The molecule has 1 saturated carbocycles. The fourth-order valence-electron chi connectivity index (χ4n) is 4.48. The fourth-order valence-corrected chi connectivity index (χ4v) is 4.48. The van der Waals surface area contributed by atoms with Gasteiger partial charge in [0.15, 0.2) is 0 Å². The summed E-state index contributed by atoms with van der Waals surface area (Å²) in [6, 6.07) is 1.00. The zero-order valence-corrected chi connectivity index (χ0v) is 12.5. The van der Waals surface area contributed by atoms with Gasteiger partial charge in [0.1, 0.15) is 0 Å². The van der Waals surface area contributed by atoms with Crippen LogP contribution in [0.25, 0.3) is 0 Å². The average Bonchev–Trinajstić information content (AvgIpc) is 2.56. The lowest BCUT2D eigenvalue weighted by Gasteiger charge is -2.46. The molecule has 0 aromatic carbocycles. The zero-order valence-electron chi connectivity index (χ0n) is 12.5. The van der Waals surface area contributed by atoms with Crippen molar-refractivity contribution in [2.75, 3.05) is 13.1 Å². The van der Waals surface area contributed by atoms with Crippen LogP contribution in [-0.4, -0.2) is 36.0 Å². The molecule has 3 nitrogen and oxygen atoms in total. The van der Waals surface area contributed by atoms with Gasteiger partial charge in [0.05, 0.1) is 0 Å². The van der Waals surface area contributed by atoms with Crippen molar-refractivity contribution in [2.45, 2.75) is 70.9 Å². The van der Waals surface area contributed by atoms with Crippen LogP contribution in [-0.2, 0) is 4.79 Å². The Bertz CT molecular complexity index is 335. The molecule has 3 fully saturated rings. The van der Waals surface area contributed by atoms with Crippen LogP contribution >= 0.6 is 0 Å². The van der Waals surface area contributed by atoms with E-state index in [1.54, 1.807) is 0 Å². The lowest BCUT2D eigenvalue weighted by Crippen LogP contribution is -2.53. The third-order valence-electron chi connectivity index (χ3n) is 5.45. The van der Waals surface area contributed by atoms with Gasteiger partial charge in [-0.2, -0.15) is 0 Å². The number of fused-ring (bicyclic) bond motifs is 2. The number of carbonyl (C=O) groups is 1. The molecule has 0 aromatic rings. The number of amides is 1. The van der Waals surface area contributed by atoms with Crippen molar-refractivity contribution < 1.29 is 4.79 Å². The van der Waals surface area contributed by atoms with E-state index in [1.807, 2.05) is 0 Å². The summed E-state index contributed by atoms with van der Waals surface area (Å²) in [5.74, 6) is 1.13. The highest BCUT2D eigenvalue weighted by molar-refractivity contribution is 5.84. The highest BCUT2D eigenvalue weighted by atomic mass is 16.2. The number of carbonyl (C=O) groups excluding carboxylic acids is 1. The van der Waals surface area contributed by atoms with Crippen LogP contribution < -0.4 is 5.32 Å². The van der Waals surface area contributed by atoms with Gasteiger partial charge in [-0.15, -0.1) is 0 Å². The number of nitrogens with one attached hydrogen (secondary N) is 1.